The minimum atomic E-state index is -4.08. The maximum atomic E-state index is 13.5. The topological polar surface area (TPSA) is 96.5 Å². The summed E-state index contributed by atoms with van der Waals surface area (Å²) in [6.45, 7) is 9.08. The third-order valence-corrected chi connectivity index (χ3v) is 10.1. The number of piperazine rings is 1. The molecule has 1 heterocycles. The second-order valence-electron chi connectivity index (χ2n) is 10.8. The van der Waals surface area contributed by atoms with Crippen molar-refractivity contribution in [2.75, 3.05) is 39.8 Å². The summed E-state index contributed by atoms with van der Waals surface area (Å²) in [5, 5.41) is -0.0420. The quantitative estimate of drug-likeness (QED) is 0.270. The Labute approximate surface area is 269 Å². The van der Waals surface area contributed by atoms with E-state index in [1.807, 2.05) is 57.2 Å². The molecular weight excluding hydrogens is 625 g/mol. The second-order valence-corrected chi connectivity index (χ2v) is 13.6. The lowest BCUT2D eigenvalue weighted by atomic mass is 10.0. The van der Waals surface area contributed by atoms with Crippen LogP contribution in [0.25, 0.3) is 0 Å². The van der Waals surface area contributed by atoms with Gasteiger partial charge in [-0.15, -0.1) is 0 Å². The maximum Gasteiger partial charge on any atom is 0.409 e. The van der Waals surface area contributed by atoms with Gasteiger partial charge in [-0.2, -0.15) is 4.31 Å². The molecule has 3 aromatic carbocycles. The van der Waals surface area contributed by atoms with Crippen molar-refractivity contribution in [2.24, 2.45) is 0 Å². The van der Waals surface area contributed by atoms with Crippen molar-refractivity contribution < 1.29 is 27.5 Å². The minimum absolute atomic E-state index is 0.0220. The van der Waals surface area contributed by atoms with Crippen LogP contribution in [0, 0.1) is 20.8 Å². The van der Waals surface area contributed by atoms with Gasteiger partial charge in [-0.3, -0.25) is 4.79 Å². The molecule has 1 aliphatic rings. The molecule has 236 valence electrons. The van der Waals surface area contributed by atoms with Gasteiger partial charge in [0.1, 0.15) is 17.3 Å². The zero-order valence-electron chi connectivity index (χ0n) is 25.5. The van der Waals surface area contributed by atoms with Gasteiger partial charge in [-0.05, 0) is 62.1 Å². The van der Waals surface area contributed by atoms with Gasteiger partial charge in [-0.25, -0.2) is 13.2 Å². The number of carbonyl (C=O) groups excluding carboxylic acids is 2. The van der Waals surface area contributed by atoms with E-state index in [1.165, 1.54) is 31.8 Å². The molecule has 0 aliphatic carbocycles. The fraction of sp³-hybridized carbons (Fsp3) is 0.375. The van der Waals surface area contributed by atoms with Crippen LogP contribution >= 0.6 is 23.2 Å². The smallest absolute Gasteiger partial charge is 0.409 e. The molecule has 3 aromatic rings. The highest BCUT2D eigenvalue weighted by molar-refractivity contribution is 7.89. The van der Waals surface area contributed by atoms with Gasteiger partial charge in [0, 0.05) is 39.8 Å². The maximum absolute atomic E-state index is 13.5. The van der Waals surface area contributed by atoms with Crippen molar-refractivity contribution in [3.05, 3.63) is 92.0 Å². The van der Waals surface area contributed by atoms with Crippen molar-refractivity contribution in [1.82, 2.24) is 14.1 Å². The lowest BCUT2D eigenvalue weighted by molar-refractivity contribution is 0.0784. The molecule has 4 rings (SSSR count). The monoisotopic (exact) mass is 661 g/mol. The molecule has 0 spiro atoms. The number of nitrogens with zero attached hydrogens (tertiary/aromatic N) is 3. The van der Waals surface area contributed by atoms with E-state index in [0.29, 0.717) is 6.61 Å². The van der Waals surface area contributed by atoms with Crippen LogP contribution in [-0.2, 0) is 27.9 Å². The number of hydrogen-bond acceptors (Lipinski definition) is 6. The van der Waals surface area contributed by atoms with E-state index in [1.54, 1.807) is 14.0 Å². The molecule has 9 nitrogen and oxygen atoms in total. The molecule has 0 unspecified atom stereocenters. The number of halogens is 2. The molecule has 12 heteroatoms. The Bertz CT molecular complexity index is 1620. The average molecular weight is 663 g/mol. The van der Waals surface area contributed by atoms with Crippen LogP contribution in [-0.4, -0.2) is 74.4 Å². The molecular formula is C32H37Cl2N3O6S. The molecule has 0 saturated carbocycles. The fourth-order valence-electron chi connectivity index (χ4n) is 5.11. The first-order valence-electron chi connectivity index (χ1n) is 14.3. The summed E-state index contributed by atoms with van der Waals surface area (Å²) in [7, 11) is -2.45. The van der Waals surface area contributed by atoms with Crippen LogP contribution in [0.15, 0.2) is 53.4 Å². The molecule has 0 radical (unpaired) electrons. The van der Waals surface area contributed by atoms with Gasteiger partial charge >= 0.3 is 6.09 Å². The third kappa shape index (κ3) is 7.66. The van der Waals surface area contributed by atoms with E-state index in [9.17, 15) is 18.0 Å². The summed E-state index contributed by atoms with van der Waals surface area (Å²) in [6, 6.07) is 14.6. The predicted octanol–water partition coefficient (Wildman–Crippen LogP) is 6.23. The highest BCUT2D eigenvalue weighted by Crippen LogP contribution is 2.32. The van der Waals surface area contributed by atoms with E-state index in [-0.39, 0.29) is 59.8 Å². The minimum Gasteiger partial charge on any atom is -0.488 e. The first-order chi connectivity index (χ1) is 20.8. The first-order valence-corrected chi connectivity index (χ1v) is 16.5. The van der Waals surface area contributed by atoms with Gasteiger partial charge in [0.05, 0.1) is 22.2 Å². The number of rotatable bonds is 9. The summed E-state index contributed by atoms with van der Waals surface area (Å²) in [4.78, 5) is 28.3. The highest BCUT2D eigenvalue weighted by Gasteiger charge is 2.33. The Hall–Kier alpha value is -3.31. The highest BCUT2D eigenvalue weighted by atomic mass is 35.5. The number of hydrogen-bond donors (Lipinski definition) is 0. The number of benzene rings is 3. The average Bonchev–Trinajstić information content (AvgIpc) is 2.97. The largest absolute Gasteiger partial charge is 0.488 e. The van der Waals surface area contributed by atoms with Crippen LogP contribution < -0.4 is 4.74 Å². The molecule has 1 fully saturated rings. The Morgan fingerprint density at radius 1 is 0.886 bits per heavy atom. The lowest BCUT2D eigenvalue weighted by Crippen LogP contribution is -2.50. The molecule has 2 amide bonds. The van der Waals surface area contributed by atoms with Crippen molar-refractivity contribution >= 4 is 45.2 Å². The van der Waals surface area contributed by atoms with Gasteiger partial charge in [0.2, 0.25) is 10.0 Å². The molecule has 0 bridgehead atoms. The summed E-state index contributed by atoms with van der Waals surface area (Å²) < 4.78 is 39.5. The Kier molecular flexibility index (Phi) is 10.8. The molecule has 1 saturated heterocycles. The number of sulfonamides is 1. The SMILES string of the molecule is CCOC(=O)N1CCN(S(=O)(=O)c2cc(C(=O)N(C)Cc3cc(C)c(OCc4ccc(C)cc4)c(C)c3)c(Cl)cc2Cl)CC1. The zero-order valence-corrected chi connectivity index (χ0v) is 27.9. The standard InChI is InChI=1S/C32H37Cl2N3O6S/c1-6-42-32(39)36-11-13-37(14-12-36)44(40,41)29-17-26(27(33)18-28(29)34)31(38)35(5)19-25-15-22(3)30(23(4)16-25)43-20-24-9-7-21(2)8-10-24/h7-10,15-18H,6,11-14,19-20H2,1-5H3. The van der Waals surface area contributed by atoms with Crippen LogP contribution in [0.1, 0.15) is 45.1 Å². The number of carbonyl (C=O) groups is 2. The van der Waals surface area contributed by atoms with Crippen molar-refractivity contribution in [2.45, 2.75) is 45.7 Å². The molecule has 0 atom stereocenters. The molecule has 0 N–H and O–H groups in total. The fourth-order valence-corrected chi connectivity index (χ4v) is 7.36. The van der Waals surface area contributed by atoms with Gasteiger partial charge < -0.3 is 19.3 Å². The van der Waals surface area contributed by atoms with Gasteiger partial charge in [0.25, 0.3) is 5.91 Å². The summed E-state index contributed by atoms with van der Waals surface area (Å²) in [5.74, 6) is 0.340. The lowest BCUT2D eigenvalue weighted by Gasteiger charge is -2.33. The first kappa shape index (κ1) is 33.6. The van der Waals surface area contributed by atoms with Crippen molar-refractivity contribution in [3.8, 4) is 5.75 Å². The number of amides is 2. The summed E-state index contributed by atoms with van der Waals surface area (Å²) >= 11 is 12.8. The van der Waals surface area contributed by atoms with Crippen LogP contribution in [0.5, 0.6) is 5.75 Å². The zero-order chi connectivity index (χ0) is 32.2. The van der Waals surface area contributed by atoms with Gasteiger partial charge in [0.15, 0.2) is 0 Å². The molecule has 44 heavy (non-hydrogen) atoms. The van der Waals surface area contributed by atoms with E-state index in [4.69, 9.17) is 32.7 Å². The van der Waals surface area contributed by atoms with Crippen LogP contribution in [0.3, 0.4) is 0 Å². The summed E-state index contributed by atoms with van der Waals surface area (Å²) in [5.41, 5.74) is 5.05. The Morgan fingerprint density at radius 3 is 2.09 bits per heavy atom. The summed E-state index contributed by atoms with van der Waals surface area (Å²) in [6.07, 6.45) is -0.486. The third-order valence-electron chi connectivity index (χ3n) is 7.42. The number of aryl methyl sites for hydroxylation is 3. The molecule has 1 aliphatic heterocycles. The second kappa shape index (κ2) is 14.2. The van der Waals surface area contributed by atoms with Crippen molar-refractivity contribution in [1.29, 1.82) is 0 Å². The van der Waals surface area contributed by atoms with E-state index in [2.05, 4.69) is 0 Å². The van der Waals surface area contributed by atoms with E-state index >= 15 is 0 Å². The van der Waals surface area contributed by atoms with Crippen LogP contribution in [0.4, 0.5) is 4.79 Å². The van der Waals surface area contributed by atoms with Crippen LogP contribution in [0.2, 0.25) is 10.0 Å². The van der Waals surface area contributed by atoms with E-state index in [0.717, 1.165) is 28.0 Å². The Balaban J connectivity index is 1.48. The number of ether oxygens (including phenoxy) is 2. The van der Waals surface area contributed by atoms with Gasteiger partial charge in [-0.1, -0.05) is 65.2 Å². The van der Waals surface area contributed by atoms with E-state index < -0.39 is 22.0 Å². The predicted molar refractivity (Wildman–Crippen MR) is 171 cm³/mol. The molecule has 0 aromatic heterocycles. The van der Waals surface area contributed by atoms with Crippen molar-refractivity contribution in [3.63, 3.8) is 0 Å². The normalized spacial score (nSPS) is 13.9. The Morgan fingerprint density at radius 2 is 1.50 bits per heavy atom.